The van der Waals surface area contributed by atoms with E-state index in [2.05, 4.69) is 63.2 Å². The smallest absolute Gasteiger partial charge is 0.0923 e. The van der Waals surface area contributed by atoms with Crippen LogP contribution in [0.25, 0.3) is 0 Å². The van der Waals surface area contributed by atoms with Crippen molar-refractivity contribution in [1.82, 2.24) is 19.9 Å². The van der Waals surface area contributed by atoms with Gasteiger partial charge in [-0.1, -0.05) is 41.6 Å². The third-order valence-corrected chi connectivity index (χ3v) is 6.62. The van der Waals surface area contributed by atoms with Crippen LogP contribution >= 0.6 is 11.3 Å². The van der Waals surface area contributed by atoms with Gasteiger partial charge in [-0.3, -0.25) is 4.90 Å². The lowest BCUT2D eigenvalue weighted by atomic mass is 9.90. The van der Waals surface area contributed by atoms with Crippen molar-refractivity contribution in [2.75, 3.05) is 6.54 Å². The van der Waals surface area contributed by atoms with Gasteiger partial charge in [-0.25, -0.2) is 4.68 Å². The van der Waals surface area contributed by atoms with E-state index in [1.165, 1.54) is 23.3 Å². The average Bonchev–Trinajstić information content (AvgIpc) is 3.20. The Labute approximate surface area is 163 Å². The number of piperidine rings is 1. The van der Waals surface area contributed by atoms with Gasteiger partial charge in [0.15, 0.2) is 0 Å². The van der Waals surface area contributed by atoms with Crippen LogP contribution in [0.2, 0.25) is 0 Å². The van der Waals surface area contributed by atoms with Crippen molar-refractivity contribution in [3.63, 3.8) is 0 Å². The van der Waals surface area contributed by atoms with Gasteiger partial charge in [-0.05, 0) is 36.3 Å². The van der Waals surface area contributed by atoms with E-state index in [-0.39, 0.29) is 12.1 Å². The molecule has 0 bridgehead atoms. The van der Waals surface area contributed by atoms with Crippen LogP contribution in [0.3, 0.4) is 0 Å². The number of aromatic nitrogens is 3. The molecule has 2 fully saturated rings. The highest BCUT2D eigenvalue weighted by Gasteiger charge is 2.37. The van der Waals surface area contributed by atoms with E-state index in [0.717, 1.165) is 18.8 Å². The Morgan fingerprint density at radius 2 is 1.96 bits per heavy atom. The van der Waals surface area contributed by atoms with E-state index in [1.54, 1.807) is 11.3 Å². The van der Waals surface area contributed by atoms with E-state index in [1.807, 2.05) is 10.7 Å². The van der Waals surface area contributed by atoms with E-state index in [0.29, 0.717) is 12.3 Å². The van der Waals surface area contributed by atoms with Crippen molar-refractivity contribution in [1.29, 1.82) is 0 Å². The Morgan fingerprint density at radius 3 is 2.70 bits per heavy atom. The molecule has 1 saturated heterocycles. The van der Waals surface area contributed by atoms with Crippen LogP contribution in [0, 0.1) is 0 Å². The number of rotatable bonds is 5. The summed E-state index contributed by atoms with van der Waals surface area (Å²) in [7, 11) is 0. The summed E-state index contributed by atoms with van der Waals surface area (Å²) in [6, 6.07) is 15.0. The predicted molar refractivity (Wildman–Crippen MR) is 106 cm³/mol. The van der Waals surface area contributed by atoms with Gasteiger partial charge in [0.25, 0.3) is 0 Å². The molecule has 3 atom stereocenters. The minimum Gasteiger partial charge on any atom is -0.391 e. The lowest BCUT2D eigenvalue weighted by Crippen LogP contribution is -2.45. The summed E-state index contributed by atoms with van der Waals surface area (Å²) in [6.45, 7) is 1.66. The lowest BCUT2D eigenvalue weighted by Gasteiger charge is -2.42. The maximum absolute atomic E-state index is 10.9. The number of aliphatic hydroxyl groups is 1. The fourth-order valence-electron chi connectivity index (χ4n) is 4.10. The number of nitrogens with zero attached hydrogens (tertiary/aromatic N) is 4. The van der Waals surface area contributed by atoms with Crippen LogP contribution in [0.5, 0.6) is 0 Å². The molecule has 1 N–H and O–H groups in total. The summed E-state index contributed by atoms with van der Waals surface area (Å²) in [5.41, 5.74) is 2.35. The van der Waals surface area contributed by atoms with Crippen molar-refractivity contribution in [3.05, 3.63) is 70.2 Å². The second-order valence-electron chi connectivity index (χ2n) is 7.70. The third-order valence-electron chi connectivity index (χ3n) is 5.76. The van der Waals surface area contributed by atoms with Crippen molar-refractivity contribution in [2.24, 2.45) is 0 Å². The van der Waals surface area contributed by atoms with E-state index in [4.69, 9.17) is 0 Å². The number of hydrogen-bond acceptors (Lipinski definition) is 5. The number of hydrogen-bond donors (Lipinski definition) is 1. The molecule has 0 spiro atoms. The van der Waals surface area contributed by atoms with Crippen LogP contribution in [-0.4, -0.2) is 37.6 Å². The van der Waals surface area contributed by atoms with Gasteiger partial charge in [0, 0.05) is 36.1 Å². The fraction of sp³-hybridized carbons (Fsp3) is 0.429. The molecule has 0 unspecified atom stereocenters. The molecule has 1 saturated carbocycles. The molecule has 2 aliphatic rings. The Balaban J connectivity index is 1.42. The summed E-state index contributed by atoms with van der Waals surface area (Å²) in [5.74, 6) is 0.582. The number of aliphatic hydroxyl groups excluding tert-OH is 1. The topological polar surface area (TPSA) is 54.2 Å². The van der Waals surface area contributed by atoms with Gasteiger partial charge in [-0.2, -0.15) is 0 Å². The van der Waals surface area contributed by atoms with Gasteiger partial charge in [0.1, 0.15) is 0 Å². The Bertz CT molecular complexity index is 875. The maximum atomic E-state index is 10.9. The lowest BCUT2D eigenvalue weighted by molar-refractivity contribution is -0.0105. The van der Waals surface area contributed by atoms with Gasteiger partial charge < -0.3 is 5.11 Å². The maximum Gasteiger partial charge on any atom is 0.0923 e. The first-order valence-electron chi connectivity index (χ1n) is 9.69. The van der Waals surface area contributed by atoms with Crippen LogP contribution in [0.1, 0.15) is 53.4 Å². The molecular formula is C21H24N4OS. The van der Waals surface area contributed by atoms with Crippen molar-refractivity contribution >= 4 is 11.3 Å². The van der Waals surface area contributed by atoms with Gasteiger partial charge >= 0.3 is 0 Å². The van der Waals surface area contributed by atoms with Gasteiger partial charge in [0.2, 0.25) is 0 Å². The SMILES string of the molecule is O[C@H]1C[C@H](c2ccccc2)N(Cc2cccs2)C[C@@H]1n1cc(C2CC2)nn1. The zero-order valence-electron chi connectivity index (χ0n) is 15.2. The minimum absolute atomic E-state index is 0.0510. The van der Waals surface area contributed by atoms with Crippen molar-refractivity contribution in [3.8, 4) is 0 Å². The van der Waals surface area contributed by atoms with Crippen LogP contribution in [0.4, 0.5) is 0 Å². The molecule has 0 radical (unpaired) electrons. The second kappa shape index (κ2) is 7.19. The Morgan fingerprint density at radius 1 is 1.11 bits per heavy atom. The summed E-state index contributed by atoms with van der Waals surface area (Å²) in [6.07, 6.45) is 4.76. The standard InChI is InChI=1S/C21H24N4OS/c26-21-11-19(16-5-2-1-3-6-16)24(12-17-7-4-10-27-17)14-20(21)25-13-18(22-23-25)15-8-9-15/h1-7,10,13,15,19-21,26H,8-9,11-12,14H2/t19-,20+,21+/m1/s1. The summed E-state index contributed by atoms with van der Waals surface area (Å²) >= 11 is 1.79. The van der Waals surface area contributed by atoms with Crippen LogP contribution < -0.4 is 0 Å². The molecular weight excluding hydrogens is 356 g/mol. The third kappa shape index (κ3) is 3.57. The van der Waals surface area contributed by atoms with E-state index >= 15 is 0 Å². The monoisotopic (exact) mass is 380 g/mol. The first-order chi connectivity index (χ1) is 13.3. The number of thiophene rings is 1. The molecule has 6 heteroatoms. The van der Waals surface area contributed by atoms with Gasteiger partial charge in [-0.15, -0.1) is 16.4 Å². The highest BCUT2D eigenvalue weighted by atomic mass is 32.1. The molecule has 0 amide bonds. The van der Waals surface area contributed by atoms with Crippen molar-refractivity contribution < 1.29 is 5.11 Å². The van der Waals surface area contributed by atoms with Crippen molar-refractivity contribution in [2.45, 2.75) is 49.9 Å². The predicted octanol–water partition coefficient (Wildman–Crippen LogP) is 3.77. The molecule has 3 aromatic rings. The molecule has 5 nitrogen and oxygen atoms in total. The minimum atomic E-state index is -0.427. The molecule has 1 aliphatic heterocycles. The highest BCUT2D eigenvalue weighted by Crippen LogP contribution is 2.40. The zero-order valence-corrected chi connectivity index (χ0v) is 16.0. The second-order valence-corrected chi connectivity index (χ2v) is 8.74. The van der Waals surface area contributed by atoms with Crippen LogP contribution in [0.15, 0.2) is 54.0 Å². The molecule has 3 heterocycles. The molecule has 5 rings (SSSR count). The molecule has 140 valence electrons. The van der Waals surface area contributed by atoms with E-state index in [9.17, 15) is 5.11 Å². The first kappa shape index (κ1) is 17.1. The molecule has 27 heavy (non-hydrogen) atoms. The average molecular weight is 381 g/mol. The number of benzene rings is 1. The highest BCUT2D eigenvalue weighted by molar-refractivity contribution is 7.09. The first-order valence-corrected chi connectivity index (χ1v) is 10.6. The summed E-state index contributed by atoms with van der Waals surface area (Å²) in [5, 5.41) is 21.8. The zero-order chi connectivity index (χ0) is 18.2. The number of likely N-dealkylation sites (tertiary alicyclic amines) is 1. The summed E-state index contributed by atoms with van der Waals surface area (Å²) in [4.78, 5) is 3.83. The molecule has 1 aliphatic carbocycles. The van der Waals surface area contributed by atoms with Crippen LogP contribution in [-0.2, 0) is 6.54 Å². The normalized spacial score (nSPS) is 26.3. The fourth-order valence-corrected chi connectivity index (χ4v) is 4.83. The summed E-state index contributed by atoms with van der Waals surface area (Å²) < 4.78 is 1.90. The molecule has 1 aromatic carbocycles. The quantitative estimate of drug-likeness (QED) is 0.732. The van der Waals surface area contributed by atoms with E-state index < -0.39 is 6.10 Å². The Kier molecular flexibility index (Phi) is 4.55. The van der Waals surface area contributed by atoms with Gasteiger partial charge in [0.05, 0.1) is 17.8 Å². The molecule has 2 aromatic heterocycles. The Hall–Kier alpha value is -2.02. The largest absolute Gasteiger partial charge is 0.391 e.